The van der Waals surface area contributed by atoms with Crippen molar-refractivity contribution in [3.63, 3.8) is 0 Å². The SMILES string of the molecule is C[N]Cc1ccc(Cl)cc1Cl. The maximum absolute atomic E-state index is 5.86. The summed E-state index contributed by atoms with van der Waals surface area (Å²) in [5.74, 6) is 0. The van der Waals surface area contributed by atoms with E-state index in [1.807, 2.05) is 12.1 Å². The molecule has 3 heteroatoms. The zero-order chi connectivity index (χ0) is 8.27. The third-order valence-electron chi connectivity index (χ3n) is 1.34. The Bertz CT molecular complexity index is 248. The second-order valence-corrected chi connectivity index (χ2v) is 3.05. The molecule has 11 heavy (non-hydrogen) atoms. The molecule has 59 valence electrons. The number of benzene rings is 1. The smallest absolute Gasteiger partial charge is 0.0466 e. The standard InChI is InChI=1S/C8H8Cl2N/c1-11-5-6-2-3-7(9)4-8(6)10/h2-4H,5H2,1H3. The number of halogens is 2. The quantitative estimate of drug-likeness (QED) is 0.679. The minimum Gasteiger partial charge on any atom is -0.240 e. The second-order valence-electron chi connectivity index (χ2n) is 2.21. The molecule has 0 heterocycles. The second kappa shape index (κ2) is 3.96. The van der Waals surface area contributed by atoms with Gasteiger partial charge in [0.15, 0.2) is 0 Å². The van der Waals surface area contributed by atoms with E-state index in [9.17, 15) is 0 Å². The van der Waals surface area contributed by atoms with Crippen molar-refractivity contribution in [3.05, 3.63) is 33.8 Å². The first kappa shape index (κ1) is 8.85. The molecular weight excluding hydrogens is 181 g/mol. The Morgan fingerprint density at radius 2 is 2.09 bits per heavy atom. The molecule has 0 bridgehead atoms. The van der Waals surface area contributed by atoms with E-state index in [2.05, 4.69) is 5.32 Å². The number of hydrogen-bond acceptors (Lipinski definition) is 0. The van der Waals surface area contributed by atoms with Crippen LogP contribution in [-0.2, 0) is 6.54 Å². The molecule has 0 saturated heterocycles. The average Bonchev–Trinajstić information content (AvgIpc) is 1.95. The molecule has 0 aliphatic heterocycles. The van der Waals surface area contributed by atoms with Gasteiger partial charge in [0.2, 0.25) is 0 Å². The number of hydrogen-bond donors (Lipinski definition) is 0. The normalized spacial score (nSPS) is 10.1. The maximum Gasteiger partial charge on any atom is 0.0466 e. The summed E-state index contributed by atoms with van der Waals surface area (Å²) in [6.07, 6.45) is 0. The summed E-state index contributed by atoms with van der Waals surface area (Å²) in [6.45, 7) is 0.649. The van der Waals surface area contributed by atoms with Crippen LogP contribution < -0.4 is 5.32 Å². The van der Waals surface area contributed by atoms with Gasteiger partial charge < -0.3 is 0 Å². The van der Waals surface area contributed by atoms with Gasteiger partial charge in [-0.25, -0.2) is 5.32 Å². The summed E-state index contributed by atoms with van der Waals surface area (Å²) in [5, 5.41) is 5.31. The minimum atomic E-state index is 0.649. The minimum absolute atomic E-state index is 0.649. The van der Waals surface area contributed by atoms with Crippen molar-refractivity contribution in [2.45, 2.75) is 6.54 Å². The van der Waals surface area contributed by atoms with Crippen molar-refractivity contribution >= 4 is 23.2 Å². The van der Waals surface area contributed by atoms with E-state index in [0.29, 0.717) is 16.6 Å². The predicted molar refractivity (Wildman–Crippen MR) is 48.2 cm³/mol. The first-order chi connectivity index (χ1) is 5.24. The van der Waals surface area contributed by atoms with Crippen molar-refractivity contribution in [1.29, 1.82) is 0 Å². The first-order valence-electron chi connectivity index (χ1n) is 3.23. The molecule has 1 aromatic carbocycles. The van der Waals surface area contributed by atoms with Crippen molar-refractivity contribution < 1.29 is 0 Å². The molecule has 0 spiro atoms. The molecule has 0 unspecified atom stereocenters. The lowest BCUT2D eigenvalue weighted by Crippen LogP contribution is -1.97. The molecular formula is C8H8Cl2N. The molecule has 1 nitrogen and oxygen atoms in total. The fraction of sp³-hybridized carbons (Fsp3) is 0.250. The fourth-order valence-corrected chi connectivity index (χ4v) is 1.29. The summed E-state index contributed by atoms with van der Waals surface area (Å²) in [4.78, 5) is 0. The Morgan fingerprint density at radius 1 is 1.36 bits per heavy atom. The Hall–Kier alpha value is -0.240. The lowest BCUT2D eigenvalue weighted by Gasteiger charge is -2.01. The molecule has 0 saturated carbocycles. The predicted octanol–water partition coefficient (Wildman–Crippen LogP) is 2.73. The van der Waals surface area contributed by atoms with Gasteiger partial charge in [-0.05, 0) is 17.7 Å². The first-order valence-corrected chi connectivity index (χ1v) is 3.99. The van der Waals surface area contributed by atoms with Crippen LogP contribution >= 0.6 is 23.2 Å². The summed E-state index contributed by atoms with van der Waals surface area (Å²) < 4.78 is 0. The van der Waals surface area contributed by atoms with E-state index in [1.165, 1.54) is 0 Å². The van der Waals surface area contributed by atoms with Crippen LogP contribution in [0.1, 0.15) is 5.56 Å². The van der Waals surface area contributed by atoms with Gasteiger partial charge in [-0.3, -0.25) is 0 Å². The summed E-state index contributed by atoms with van der Waals surface area (Å²) >= 11 is 11.6. The topological polar surface area (TPSA) is 14.1 Å². The van der Waals surface area contributed by atoms with Crippen molar-refractivity contribution in [1.82, 2.24) is 5.32 Å². The van der Waals surface area contributed by atoms with E-state index in [4.69, 9.17) is 23.2 Å². The molecule has 1 rings (SSSR count). The summed E-state index contributed by atoms with van der Waals surface area (Å²) in [7, 11) is 1.75. The number of rotatable bonds is 2. The lowest BCUT2D eigenvalue weighted by atomic mass is 10.2. The summed E-state index contributed by atoms with van der Waals surface area (Å²) in [6, 6.07) is 5.43. The Kier molecular flexibility index (Phi) is 3.18. The van der Waals surface area contributed by atoms with E-state index in [-0.39, 0.29) is 0 Å². The van der Waals surface area contributed by atoms with Crippen LogP contribution in [0.15, 0.2) is 18.2 Å². The Labute approximate surface area is 76.3 Å². The molecule has 0 aliphatic carbocycles. The van der Waals surface area contributed by atoms with Gasteiger partial charge in [0.05, 0.1) is 0 Å². The monoisotopic (exact) mass is 188 g/mol. The van der Waals surface area contributed by atoms with Gasteiger partial charge in [-0.2, -0.15) is 0 Å². The molecule has 0 aliphatic rings. The highest BCUT2D eigenvalue weighted by molar-refractivity contribution is 6.35. The van der Waals surface area contributed by atoms with E-state index in [1.54, 1.807) is 13.1 Å². The highest BCUT2D eigenvalue weighted by Gasteiger charge is 1.98. The van der Waals surface area contributed by atoms with Gasteiger partial charge in [-0.1, -0.05) is 29.3 Å². The van der Waals surface area contributed by atoms with Crippen LogP contribution in [0.4, 0.5) is 0 Å². The van der Waals surface area contributed by atoms with Gasteiger partial charge in [0, 0.05) is 23.6 Å². The zero-order valence-electron chi connectivity index (χ0n) is 6.14. The molecule has 0 fully saturated rings. The highest BCUT2D eigenvalue weighted by atomic mass is 35.5. The molecule has 0 atom stereocenters. The van der Waals surface area contributed by atoms with Crippen LogP contribution in [0, 0.1) is 0 Å². The highest BCUT2D eigenvalue weighted by Crippen LogP contribution is 2.20. The largest absolute Gasteiger partial charge is 0.240 e. The fourth-order valence-electron chi connectivity index (χ4n) is 0.820. The van der Waals surface area contributed by atoms with Crippen LogP contribution in [0.3, 0.4) is 0 Å². The van der Waals surface area contributed by atoms with Gasteiger partial charge >= 0.3 is 0 Å². The number of nitrogens with zero attached hydrogens (tertiary/aromatic N) is 1. The van der Waals surface area contributed by atoms with Crippen molar-refractivity contribution in [3.8, 4) is 0 Å². The maximum atomic E-state index is 5.86. The van der Waals surface area contributed by atoms with Crippen molar-refractivity contribution in [2.24, 2.45) is 0 Å². The van der Waals surface area contributed by atoms with Crippen molar-refractivity contribution in [2.75, 3.05) is 7.05 Å². The zero-order valence-corrected chi connectivity index (χ0v) is 7.65. The molecule has 0 amide bonds. The van der Waals surface area contributed by atoms with E-state index < -0.39 is 0 Å². The van der Waals surface area contributed by atoms with Gasteiger partial charge in [0.25, 0.3) is 0 Å². The van der Waals surface area contributed by atoms with Crippen LogP contribution in [0.5, 0.6) is 0 Å². The lowest BCUT2D eigenvalue weighted by molar-refractivity contribution is 0.800. The van der Waals surface area contributed by atoms with Crippen LogP contribution in [0.2, 0.25) is 10.0 Å². The molecule has 0 N–H and O–H groups in total. The van der Waals surface area contributed by atoms with Gasteiger partial charge in [-0.15, -0.1) is 0 Å². The Balaban J connectivity index is 2.90. The third kappa shape index (κ3) is 2.37. The van der Waals surface area contributed by atoms with E-state index in [0.717, 1.165) is 5.56 Å². The molecule has 1 aromatic rings. The van der Waals surface area contributed by atoms with Gasteiger partial charge in [0.1, 0.15) is 0 Å². The average molecular weight is 189 g/mol. The molecule has 1 radical (unpaired) electrons. The Morgan fingerprint density at radius 3 is 2.64 bits per heavy atom. The summed E-state index contributed by atoms with van der Waals surface area (Å²) in [5.41, 5.74) is 1.01. The van der Waals surface area contributed by atoms with E-state index >= 15 is 0 Å². The molecule has 0 aromatic heterocycles. The van der Waals surface area contributed by atoms with Crippen LogP contribution in [0.25, 0.3) is 0 Å². The third-order valence-corrected chi connectivity index (χ3v) is 1.93. The van der Waals surface area contributed by atoms with Crippen LogP contribution in [-0.4, -0.2) is 7.05 Å².